The second-order valence-corrected chi connectivity index (χ2v) is 5.26. The van der Waals surface area contributed by atoms with E-state index in [9.17, 15) is 4.79 Å². The van der Waals surface area contributed by atoms with Gasteiger partial charge in [-0.05, 0) is 18.2 Å². The van der Waals surface area contributed by atoms with Gasteiger partial charge < -0.3 is 4.90 Å². The molecule has 3 heterocycles. The molecule has 0 bridgehead atoms. The van der Waals surface area contributed by atoms with Gasteiger partial charge in [0.15, 0.2) is 0 Å². The van der Waals surface area contributed by atoms with E-state index >= 15 is 0 Å². The maximum absolute atomic E-state index is 11.5. The summed E-state index contributed by atoms with van der Waals surface area (Å²) in [5, 5.41) is 4.55. The molecule has 0 N–H and O–H groups in total. The minimum Gasteiger partial charge on any atom is -0.339 e. The average Bonchev–Trinajstić information content (AvgIpc) is 2.89. The smallest absolute Gasteiger partial charge is 0.237 e. The molecule has 6 heteroatoms. The normalized spacial score (nSPS) is 16.8. The SMILES string of the molecule is O=C(CCl)N1CCN(Cc2cc3ccccn3n2)CC1. The lowest BCUT2D eigenvalue weighted by atomic mass is 10.3. The average molecular weight is 293 g/mol. The monoisotopic (exact) mass is 292 g/mol. The molecule has 0 aliphatic carbocycles. The highest BCUT2D eigenvalue weighted by atomic mass is 35.5. The van der Waals surface area contributed by atoms with Crippen LogP contribution in [0.2, 0.25) is 0 Å². The van der Waals surface area contributed by atoms with Crippen LogP contribution >= 0.6 is 11.6 Å². The number of rotatable bonds is 3. The third-order valence-electron chi connectivity index (χ3n) is 3.65. The Balaban J connectivity index is 1.60. The van der Waals surface area contributed by atoms with Crippen LogP contribution in [0, 0.1) is 0 Å². The number of hydrogen-bond donors (Lipinski definition) is 0. The number of fused-ring (bicyclic) bond motifs is 1. The zero-order chi connectivity index (χ0) is 13.9. The van der Waals surface area contributed by atoms with Gasteiger partial charge in [0, 0.05) is 38.9 Å². The van der Waals surface area contributed by atoms with Crippen molar-refractivity contribution in [2.24, 2.45) is 0 Å². The molecule has 0 atom stereocenters. The van der Waals surface area contributed by atoms with Crippen LogP contribution in [-0.4, -0.2) is 57.4 Å². The predicted octanol–water partition coefficient (Wildman–Crippen LogP) is 1.22. The molecular weight excluding hydrogens is 276 g/mol. The highest BCUT2D eigenvalue weighted by Gasteiger charge is 2.20. The molecule has 1 fully saturated rings. The highest BCUT2D eigenvalue weighted by Crippen LogP contribution is 2.11. The van der Waals surface area contributed by atoms with Gasteiger partial charge in [-0.25, -0.2) is 4.52 Å². The fourth-order valence-electron chi connectivity index (χ4n) is 2.54. The Morgan fingerprint density at radius 3 is 2.75 bits per heavy atom. The minimum atomic E-state index is 0.0269. The predicted molar refractivity (Wildman–Crippen MR) is 77.8 cm³/mol. The number of carbonyl (C=O) groups is 1. The summed E-state index contributed by atoms with van der Waals surface area (Å²) in [5.74, 6) is 0.103. The largest absolute Gasteiger partial charge is 0.339 e. The lowest BCUT2D eigenvalue weighted by Gasteiger charge is -2.34. The summed E-state index contributed by atoms with van der Waals surface area (Å²) in [6.07, 6.45) is 1.95. The first-order chi connectivity index (χ1) is 9.76. The van der Waals surface area contributed by atoms with Crippen molar-refractivity contribution in [3.8, 4) is 0 Å². The second kappa shape index (κ2) is 5.81. The molecule has 2 aromatic heterocycles. The Hall–Kier alpha value is -1.59. The fraction of sp³-hybridized carbons (Fsp3) is 0.429. The quantitative estimate of drug-likeness (QED) is 0.799. The van der Waals surface area contributed by atoms with E-state index in [-0.39, 0.29) is 11.8 Å². The maximum atomic E-state index is 11.5. The summed E-state index contributed by atoms with van der Waals surface area (Å²) in [5.41, 5.74) is 2.17. The molecule has 5 nitrogen and oxygen atoms in total. The Bertz CT molecular complexity index is 571. The van der Waals surface area contributed by atoms with Gasteiger partial charge in [-0.1, -0.05) is 6.07 Å². The number of pyridine rings is 1. The Morgan fingerprint density at radius 1 is 1.25 bits per heavy atom. The molecule has 106 valence electrons. The van der Waals surface area contributed by atoms with Crippen molar-refractivity contribution in [3.63, 3.8) is 0 Å². The fourth-order valence-corrected chi connectivity index (χ4v) is 2.71. The van der Waals surface area contributed by atoms with Crippen LogP contribution in [0.3, 0.4) is 0 Å². The van der Waals surface area contributed by atoms with Crippen molar-refractivity contribution in [1.29, 1.82) is 0 Å². The molecule has 2 aromatic rings. The van der Waals surface area contributed by atoms with Gasteiger partial charge in [-0.3, -0.25) is 9.69 Å². The summed E-state index contributed by atoms with van der Waals surface area (Å²) >= 11 is 5.58. The molecule has 0 spiro atoms. The first kappa shape index (κ1) is 13.4. The van der Waals surface area contributed by atoms with E-state index in [1.165, 1.54) is 0 Å². The van der Waals surface area contributed by atoms with Crippen LogP contribution in [0.1, 0.15) is 5.69 Å². The Morgan fingerprint density at radius 2 is 2.05 bits per heavy atom. The van der Waals surface area contributed by atoms with E-state index in [0.717, 1.165) is 43.9 Å². The van der Waals surface area contributed by atoms with E-state index in [2.05, 4.69) is 16.1 Å². The van der Waals surface area contributed by atoms with Gasteiger partial charge >= 0.3 is 0 Å². The zero-order valence-corrected chi connectivity index (χ0v) is 12.0. The van der Waals surface area contributed by atoms with E-state index < -0.39 is 0 Å². The highest BCUT2D eigenvalue weighted by molar-refractivity contribution is 6.27. The standard InChI is InChI=1S/C14H17ClN4O/c15-10-14(20)18-7-5-17(6-8-18)11-12-9-13-3-1-2-4-19(13)16-12/h1-4,9H,5-8,10-11H2. The van der Waals surface area contributed by atoms with Crippen LogP contribution in [0.15, 0.2) is 30.5 Å². The second-order valence-electron chi connectivity index (χ2n) is 5.00. The van der Waals surface area contributed by atoms with Crippen LogP contribution in [-0.2, 0) is 11.3 Å². The lowest BCUT2D eigenvalue weighted by Crippen LogP contribution is -2.48. The number of piperazine rings is 1. The van der Waals surface area contributed by atoms with E-state index in [1.54, 1.807) is 0 Å². The number of alkyl halides is 1. The molecule has 0 saturated carbocycles. The number of halogens is 1. The third kappa shape index (κ3) is 2.78. The van der Waals surface area contributed by atoms with Crippen molar-refractivity contribution < 1.29 is 4.79 Å². The molecule has 0 aromatic carbocycles. The first-order valence-corrected chi connectivity index (χ1v) is 7.29. The summed E-state index contributed by atoms with van der Waals surface area (Å²) < 4.78 is 1.89. The molecular formula is C14H17ClN4O. The molecule has 1 saturated heterocycles. The molecule has 3 rings (SSSR count). The van der Waals surface area contributed by atoms with Crippen molar-refractivity contribution in [2.45, 2.75) is 6.54 Å². The van der Waals surface area contributed by atoms with Crippen molar-refractivity contribution >= 4 is 23.0 Å². The van der Waals surface area contributed by atoms with Gasteiger partial charge in [-0.2, -0.15) is 5.10 Å². The molecule has 1 aliphatic rings. The maximum Gasteiger partial charge on any atom is 0.237 e. The number of hydrogen-bond acceptors (Lipinski definition) is 3. The van der Waals surface area contributed by atoms with Gasteiger partial charge in [0.05, 0.1) is 11.2 Å². The van der Waals surface area contributed by atoms with Crippen molar-refractivity contribution in [2.75, 3.05) is 32.1 Å². The van der Waals surface area contributed by atoms with Gasteiger partial charge in [0.2, 0.25) is 5.91 Å². The molecule has 1 amide bonds. The van der Waals surface area contributed by atoms with Crippen molar-refractivity contribution in [3.05, 3.63) is 36.2 Å². The number of amides is 1. The molecule has 20 heavy (non-hydrogen) atoms. The summed E-state index contributed by atoms with van der Waals surface area (Å²) in [4.78, 5) is 15.7. The molecule has 0 unspecified atom stereocenters. The van der Waals surface area contributed by atoms with Gasteiger partial charge in [0.1, 0.15) is 5.88 Å². The van der Waals surface area contributed by atoms with Crippen LogP contribution in [0.25, 0.3) is 5.52 Å². The van der Waals surface area contributed by atoms with Gasteiger partial charge in [0.25, 0.3) is 0 Å². The van der Waals surface area contributed by atoms with E-state index in [4.69, 9.17) is 11.6 Å². The van der Waals surface area contributed by atoms with E-state index in [1.807, 2.05) is 33.8 Å². The topological polar surface area (TPSA) is 40.9 Å². The Labute approximate surface area is 122 Å². The van der Waals surface area contributed by atoms with Crippen LogP contribution < -0.4 is 0 Å². The third-order valence-corrected chi connectivity index (χ3v) is 3.87. The van der Waals surface area contributed by atoms with Crippen molar-refractivity contribution in [1.82, 2.24) is 19.4 Å². The number of nitrogens with zero attached hydrogens (tertiary/aromatic N) is 4. The minimum absolute atomic E-state index is 0.0269. The molecule has 0 radical (unpaired) electrons. The number of carbonyl (C=O) groups excluding carboxylic acids is 1. The Kier molecular flexibility index (Phi) is 3.89. The summed E-state index contributed by atoms with van der Waals surface area (Å²) in [6.45, 7) is 4.06. The first-order valence-electron chi connectivity index (χ1n) is 6.75. The van der Waals surface area contributed by atoms with Gasteiger partial charge in [-0.15, -0.1) is 11.6 Å². The summed E-state index contributed by atoms with van der Waals surface area (Å²) in [7, 11) is 0. The zero-order valence-electron chi connectivity index (χ0n) is 11.2. The van der Waals surface area contributed by atoms with Crippen LogP contribution in [0.4, 0.5) is 0 Å². The summed E-state index contributed by atoms with van der Waals surface area (Å²) in [6, 6.07) is 8.14. The lowest BCUT2D eigenvalue weighted by molar-refractivity contribution is -0.130. The van der Waals surface area contributed by atoms with Crippen LogP contribution in [0.5, 0.6) is 0 Å². The molecule has 1 aliphatic heterocycles. The van der Waals surface area contributed by atoms with E-state index in [0.29, 0.717) is 0 Å². The number of aromatic nitrogens is 2.